The van der Waals surface area contributed by atoms with Gasteiger partial charge in [0.25, 0.3) is 0 Å². The summed E-state index contributed by atoms with van der Waals surface area (Å²) in [5.41, 5.74) is 2.39. The van der Waals surface area contributed by atoms with E-state index in [2.05, 4.69) is 30.3 Å². The van der Waals surface area contributed by atoms with E-state index in [9.17, 15) is 0 Å². The standard InChI is InChI=1S/C15H20ClN3S/c1-4-13-14(9-17-2)20-15(18-13)19(3)10-11-6-5-7-12(16)8-11/h5-8,17H,4,9-10H2,1-3H3. The van der Waals surface area contributed by atoms with Crippen molar-refractivity contribution in [3.63, 3.8) is 0 Å². The van der Waals surface area contributed by atoms with Crippen LogP contribution in [0.4, 0.5) is 5.13 Å². The topological polar surface area (TPSA) is 28.2 Å². The zero-order valence-electron chi connectivity index (χ0n) is 12.1. The van der Waals surface area contributed by atoms with Crippen LogP contribution in [0.1, 0.15) is 23.1 Å². The average molecular weight is 310 g/mol. The number of halogens is 1. The minimum absolute atomic E-state index is 0.778. The van der Waals surface area contributed by atoms with Crippen LogP contribution < -0.4 is 10.2 Å². The lowest BCUT2D eigenvalue weighted by Gasteiger charge is -2.15. The fourth-order valence-corrected chi connectivity index (χ4v) is 3.42. The molecule has 1 N–H and O–H groups in total. The van der Waals surface area contributed by atoms with Crippen LogP contribution in [-0.4, -0.2) is 19.1 Å². The first kappa shape index (κ1) is 15.3. The van der Waals surface area contributed by atoms with E-state index in [-0.39, 0.29) is 0 Å². The van der Waals surface area contributed by atoms with Crippen LogP contribution in [0, 0.1) is 0 Å². The minimum Gasteiger partial charge on any atom is -0.347 e. The normalized spacial score (nSPS) is 10.8. The van der Waals surface area contributed by atoms with Gasteiger partial charge in [-0.3, -0.25) is 0 Å². The number of rotatable bonds is 6. The highest BCUT2D eigenvalue weighted by molar-refractivity contribution is 7.15. The van der Waals surface area contributed by atoms with Crippen LogP contribution in [0.15, 0.2) is 24.3 Å². The van der Waals surface area contributed by atoms with E-state index >= 15 is 0 Å². The van der Waals surface area contributed by atoms with Gasteiger partial charge < -0.3 is 10.2 Å². The maximum atomic E-state index is 6.03. The number of thiazole rings is 1. The van der Waals surface area contributed by atoms with Crippen LogP contribution in [-0.2, 0) is 19.5 Å². The second kappa shape index (κ2) is 7.07. The van der Waals surface area contributed by atoms with Gasteiger partial charge in [-0.1, -0.05) is 30.7 Å². The van der Waals surface area contributed by atoms with Crippen molar-refractivity contribution in [3.05, 3.63) is 45.4 Å². The molecular formula is C15H20ClN3S. The second-order valence-electron chi connectivity index (χ2n) is 4.74. The number of nitrogens with one attached hydrogen (secondary N) is 1. The van der Waals surface area contributed by atoms with Crippen molar-refractivity contribution >= 4 is 28.1 Å². The maximum absolute atomic E-state index is 6.03. The van der Waals surface area contributed by atoms with Gasteiger partial charge >= 0.3 is 0 Å². The molecule has 0 bridgehead atoms. The zero-order valence-corrected chi connectivity index (χ0v) is 13.7. The summed E-state index contributed by atoms with van der Waals surface area (Å²) in [4.78, 5) is 8.23. The number of hydrogen-bond donors (Lipinski definition) is 1. The van der Waals surface area contributed by atoms with Crippen molar-refractivity contribution in [2.24, 2.45) is 0 Å². The van der Waals surface area contributed by atoms with Gasteiger partial charge in [0.15, 0.2) is 5.13 Å². The Hall–Kier alpha value is -1.10. The Morgan fingerprint density at radius 1 is 1.40 bits per heavy atom. The Kier molecular flexibility index (Phi) is 5.40. The number of benzene rings is 1. The molecular weight excluding hydrogens is 290 g/mol. The highest BCUT2D eigenvalue weighted by Gasteiger charge is 2.12. The molecule has 5 heteroatoms. The van der Waals surface area contributed by atoms with Gasteiger partial charge in [-0.25, -0.2) is 4.98 Å². The summed E-state index contributed by atoms with van der Waals surface area (Å²) in [7, 11) is 4.04. The third-order valence-electron chi connectivity index (χ3n) is 3.07. The van der Waals surface area contributed by atoms with E-state index in [0.717, 1.165) is 29.7 Å². The third kappa shape index (κ3) is 3.72. The van der Waals surface area contributed by atoms with Crippen molar-refractivity contribution in [1.82, 2.24) is 10.3 Å². The molecule has 0 atom stereocenters. The summed E-state index contributed by atoms with van der Waals surface area (Å²) in [6.45, 7) is 3.84. The molecule has 0 radical (unpaired) electrons. The molecule has 0 aliphatic rings. The van der Waals surface area contributed by atoms with Crippen molar-refractivity contribution in [3.8, 4) is 0 Å². The van der Waals surface area contributed by atoms with E-state index in [4.69, 9.17) is 16.6 Å². The van der Waals surface area contributed by atoms with Gasteiger partial charge in [-0.05, 0) is 31.2 Å². The first-order chi connectivity index (χ1) is 9.63. The lowest BCUT2D eigenvalue weighted by molar-refractivity contribution is 0.813. The smallest absolute Gasteiger partial charge is 0.185 e. The van der Waals surface area contributed by atoms with E-state index in [1.165, 1.54) is 16.1 Å². The SMILES string of the molecule is CCc1nc(N(C)Cc2cccc(Cl)c2)sc1CNC. The molecule has 0 amide bonds. The Labute approximate surface area is 129 Å². The van der Waals surface area contributed by atoms with Gasteiger partial charge in [-0.2, -0.15) is 0 Å². The first-order valence-corrected chi connectivity index (χ1v) is 7.92. The molecule has 0 unspecified atom stereocenters. The molecule has 1 aromatic carbocycles. The summed E-state index contributed by atoms with van der Waals surface area (Å²) in [6, 6.07) is 7.97. The molecule has 2 rings (SSSR count). The number of aromatic nitrogens is 1. The van der Waals surface area contributed by atoms with Gasteiger partial charge in [0.1, 0.15) is 0 Å². The van der Waals surface area contributed by atoms with Gasteiger partial charge in [0.2, 0.25) is 0 Å². The summed E-state index contributed by atoms with van der Waals surface area (Å²) < 4.78 is 0. The monoisotopic (exact) mass is 309 g/mol. The van der Waals surface area contributed by atoms with Crippen LogP contribution >= 0.6 is 22.9 Å². The fraction of sp³-hybridized carbons (Fsp3) is 0.400. The molecule has 0 saturated carbocycles. The molecule has 20 heavy (non-hydrogen) atoms. The molecule has 0 aliphatic carbocycles. The molecule has 1 aromatic heterocycles. The van der Waals surface area contributed by atoms with E-state index in [1.807, 2.05) is 25.2 Å². The van der Waals surface area contributed by atoms with Crippen LogP contribution in [0.5, 0.6) is 0 Å². The summed E-state index contributed by atoms with van der Waals surface area (Å²) in [5.74, 6) is 0. The molecule has 0 aliphatic heterocycles. The quantitative estimate of drug-likeness (QED) is 0.881. The molecule has 0 spiro atoms. The highest BCUT2D eigenvalue weighted by atomic mass is 35.5. The summed E-state index contributed by atoms with van der Waals surface area (Å²) >= 11 is 7.79. The van der Waals surface area contributed by atoms with Crippen molar-refractivity contribution in [2.75, 3.05) is 19.0 Å². The second-order valence-corrected chi connectivity index (χ2v) is 6.23. The van der Waals surface area contributed by atoms with Crippen molar-refractivity contribution in [1.29, 1.82) is 0 Å². The Morgan fingerprint density at radius 3 is 2.85 bits per heavy atom. The predicted octanol–water partition coefficient (Wildman–Crippen LogP) is 3.71. The maximum Gasteiger partial charge on any atom is 0.185 e. The minimum atomic E-state index is 0.778. The van der Waals surface area contributed by atoms with E-state index in [0.29, 0.717) is 0 Å². The Balaban J connectivity index is 2.14. The average Bonchev–Trinajstić information content (AvgIpc) is 2.82. The highest BCUT2D eigenvalue weighted by Crippen LogP contribution is 2.27. The molecule has 3 nitrogen and oxygen atoms in total. The number of nitrogens with zero attached hydrogens (tertiary/aromatic N) is 2. The molecule has 1 heterocycles. The Bertz CT molecular complexity index is 568. The lowest BCUT2D eigenvalue weighted by Crippen LogP contribution is -2.16. The number of aryl methyl sites for hydroxylation is 1. The molecule has 0 fully saturated rings. The van der Waals surface area contributed by atoms with Crippen LogP contribution in [0.2, 0.25) is 5.02 Å². The predicted molar refractivity (Wildman–Crippen MR) is 87.8 cm³/mol. The fourth-order valence-electron chi connectivity index (χ4n) is 2.08. The number of anilines is 1. The van der Waals surface area contributed by atoms with Gasteiger partial charge in [-0.15, -0.1) is 11.3 Å². The largest absolute Gasteiger partial charge is 0.347 e. The van der Waals surface area contributed by atoms with Crippen molar-refractivity contribution in [2.45, 2.75) is 26.4 Å². The third-order valence-corrected chi connectivity index (χ3v) is 4.52. The summed E-state index contributed by atoms with van der Waals surface area (Å²) in [5, 5.41) is 5.04. The zero-order chi connectivity index (χ0) is 14.5. The van der Waals surface area contributed by atoms with E-state index < -0.39 is 0 Å². The molecule has 0 saturated heterocycles. The number of hydrogen-bond acceptors (Lipinski definition) is 4. The van der Waals surface area contributed by atoms with Gasteiger partial charge in [0, 0.05) is 30.0 Å². The lowest BCUT2D eigenvalue weighted by atomic mass is 10.2. The van der Waals surface area contributed by atoms with E-state index in [1.54, 1.807) is 11.3 Å². The Morgan fingerprint density at radius 2 is 2.20 bits per heavy atom. The summed E-state index contributed by atoms with van der Waals surface area (Å²) in [6.07, 6.45) is 0.971. The first-order valence-electron chi connectivity index (χ1n) is 6.72. The molecule has 2 aromatic rings. The van der Waals surface area contributed by atoms with Crippen molar-refractivity contribution < 1.29 is 0 Å². The van der Waals surface area contributed by atoms with Gasteiger partial charge in [0.05, 0.1) is 5.69 Å². The van der Waals surface area contributed by atoms with Crippen LogP contribution in [0.3, 0.4) is 0 Å². The van der Waals surface area contributed by atoms with Crippen LogP contribution in [0.25, 0.3) is 0 Å². The molecule has 108 valence electrons.